The van der Waals surface area contributed by atoms with Crippen LogP contribution in [-0.4, -0.2) is 48.2 Å². The lowest BCUT2D eigenvalue weighted by molar-refractivity contribution is -0.154. The van der Waals surface area contributed by atoms with E-state index < -0.39 is 54.0 Å². The molecule has 1 rings (SSSR count). The Balaban J connectivity index is 3.34. The quantitative estimate of drug-likeness (QED) is 0.374. The van der Waals surface area contributed by atoms with Gasteiger partial charge in [-0.25, -0.2) is 30.4 Å². The Bertz CT molecular complexity index is 532. The van der Waals surface area contributed by atoms with Crippen LogP contribution < -0.4 is 16.8 Å². The molecule has 1 aliphatic heterocycles. The Hall–Kier alpha value is -2.37. The van der Waals surface area contributed by atoms with E-state index in [2.05, 4.69) is 35.2 Å². The summed E-state index contributed by atoms with van der Waals surface area (Å²) in [6.07, 6.45) is -3.51. The largest absolute Gasteiger partial charge is 0.478 e. The number of ether oxygens (including phenoxy) is 2. The van der Waals surface area contributed by atoms with E-state index >= 15 is 0 Å². The number of amides is 1. The maximum absolute atomic E-state index is 11.6. The molecule has 1 aliphatic rings. The minimum absolute atomic E-state index is 0.960. The van der Waals surface area contributed by atoms with Gasteiger partial charge in [0.15, 0.2) is 12.2 Å². The summed E-state index contributed by atoms with van der Waals surface area (Å²) in [5.41, 5.74) is 17.7. The standard InChI is InChI=1S/C13H9N4O7/c1-5(19)16-9-6(17-13(14)15)3-8(12(21)22)24-11(9)10(23-2)7(20)4-18/h6-7,9-11H,1-2H2/t6-,7+,9+,10+,11+/m0/s1. The molecule has 0 aromatic carbocycles. The molecule has 0 aliphatic carbocycles. The molecule has 0 spiro atoms. The van der Waals surface area contributed by atoms with Crippen LogP contribution in [-0.2, 0) is 34.4 Å². The zero-order valence-electron chi connectivity index (χ0n) is 11.9. The topological polar surface area (TPSA) is 183 Å². The average Bonchev–Trinajstić information content (AvgIpc) is 2.49. The van der Waals surface area contributed by atoms with Crippen LogP contribution in [0, 0.1) is 26.7 Å². The lowest BCUT2D eigenvalue weighted by Crippen LogP contribution is -2.57. The van der Waals surface area contributed by atoms with Gasteiger partial charge in [-0.15, -0.1) is 11.5 Å². The number of nitrogens with zero attached hydrogens (tertiary/aromatic N) is 4. The molecule has 5 atom stereocenters. The minimum Gasteiger partial charge on any atom is -0.478 e. The van der Waals surface area contributed by atoms with Gasteiger partial charge in [0.2, 0.25) is 18.3 Å². The van der Waals surface area contributed by atoms with Gasteiger partial charge >= 0.3 is 5.97 Å². The predicted molar refractivity (Wildman–Crippen MR) is 67.7 cm³/mol. The molecule has 0 fully saturated rings. The molecule has 0 N–H and O–H groups in total. The Morgan fingerprint density at radius 1 is 1.42 bits per heavy atom. The Kier molecular flexibility index (Phi) is 6.95. The zero-order chi connectivity index (χ0) is 18.4. The van der Waals surface area contributed by atoms with E-state index in [4.69, 9.17) is 16.2 Å². The first-order valence-electron chi connectivity index (χ1n) is 6.19. The molecular formula is C13H9N4O7. The fraction of sp³-hybridized carbons (Fsp3) is 0.385. The first-order chi connectivity index (χ1) is 11.2. The third-order valence-corrected chi connectivity index (χ3v) is 2.86. The van der Waals surface area contributed by atoms with Crippen LogP contribution in [0.25, 0.3) is 0 Å². The van der Waals surface area contributed by atoms with Gasteiger partial charge in [0.25, 0.3) is 5.96 Å². The van der Waals surface area contributed by atoms with Gasteiger partial charge < -0.3 is 9.47 Å². The molecule has 13 radical (unpaired) electrons. The zero-order valence-corrected chi connectivity index (χ0v) is 11.9. The first kappa shape index (κ1) is 19.7. The van der Waals surface area contributed by atoms with E-state index in [0.29, 0.717) is 0 Å². The lowest BCUT2D eigenvalue weighted by Gasteiger charge is -2.37. The Morgan fingerprint density at radius 3 is 2.46 bits per heavy atom. The number of hydrogen-bond acceptors (Lipinski definition) is 5. The summed E-state index contributed by atoms with van der Waals surface area (Å²) in [7, 11) is 2.97. The average molecular weight is 333 g/mol. The lowest BCUT2D eigenvalue weighted by atomic mass is 9.92. The first-order valence-corrected chi connectivity index (χ1v) is 6.19. The molecular weight excluding hydrogens is 324 g/mol. The van der Waals surface area contributed by atoms with E-state index in [1.54, 1.807) is 0 Å². The monoisotopic (exact) mass is 333 g/mol. The van der Waals surface area contributed by atoms with E-state index in [0.717, 1.165) is 6.61 Å². The molecule has 0 aromatic rings. The van der Waals surface area contributed by atoms with Crippen LogP contribution >= 0.6 is 0 Å². The Morgan fingerprint density at radius 2 is 2.04 bits per heavy atom. The Labute approximate surface area is 137 Å². The molecule has 0 aromatic heterocycles. The smallest absolute Gasteiger partial charge is 0.420 e. The van der Waals surface area contributed by atoms with Crippen molar-refractivity contribution < 1.29 is 34.4 Å². The van der Waals surface area contributed by atoms with E-state index in [1.807, 2.05) is 0 Å². The third-order valence-electron chi connectivity index (χ3n) is 2.86. The van der Waals surface area contributed by atoms with Crippen molar-refractivity contribution in [1.29, 1.82) is 0 Å². The molecule has 11 nitrogen and oxygen atoms in total. The van der Waals surface area contributed by atoms with Crippen LogP contribution in [0.4, 0.5) is 0 Å². The van der Waals surface area contributed by atoms with Gasteiger partial charge in [0.1, 0.15) is 18.2 Å². The molecule has 24 heavy (non-hydrogen) atoms. The van der Waals surface area contributed by atoms with Gasteiger partial charge in [-0.3, -0.25) is 4.79 Å². The molecule has 0 saturated carbocycles. The predicted octanol–water partition coefficient (Wildman–Crippen LogP) is -2.33. The third kappa shape index (κ3) is 4.81. The van der Waals surface area contributed by atoms with Gasteiger partial charge in [0.05, 0.1) is 7.11 Å². The second-order valence-corrected chi connectivity index (χ2v) is 4.40. The molecule has 1 heterocycles. The van der Waals surface area contributed by atoms with Crippen molar-refractivity contribution in [2.45, 2.75) is 30.4 Å². The summed E-state index contributed by atoms with van der Waals surface area (Å²) in [5, 5.41) is 36.6. The van der Waals surface area contributed by atoms with E-state index in [-0.39, 0.29) is 0 Å². The van der Waals surface area contributed by atoms with Gasteiger partial charge in [0, 0.05) is 13.0 Å². The van der Waals surface area contributed by atoms with Crippen molar-refractivity contribution in [2.24, 2.45) is 4.99 Å². The highest BCUT2D eigenvalue weighted by Crippen LogP contribution is 2.27. The summed E-state index contributed by atoms with van der Waals surface area (Å²) in [5.74, 6) is -5.34. The van der Waals surface area contributed by atoms with Crippen LogP contribution in [0.5, 0.6) is 0 Å². The fourth-order valence-electron chi connectivity index (χ4n) is 1.97. The maximum atomic E-state index is 11.6. The highest BCUT2D eigenvalue weighted by molar-refractivity contribution is 5.84. The van der Waals surface area contributed by atoms with Crippen molar-refractivity contribution in [3.63, 3.8) is 0 Å². The summed E-state index contributed by atoms with van der Waals surface area (Å²) in [6, 6.07) is -3.09. The summed E-state index contributed by atoms with van der Waals surface area (Å²) < 4.78 is 9.51. The normalized spacial score (nSPS) is 25.7. The van der Waals surface area contributed by atoms with Crippen LogP contribution in [0.15, 0.2) is 10.8 Å². The van der Waals surface area contributed by atoms with E-state index in [1.165, 1.54) is 0 Å². The number of carbonyl (C=O) groups excluding carboxylic acids is 2. The van der Waals surface area contributed by atoms with Crippen molar-refractivity contribution in [2.75, 3.05) is 0 Å². The minimum atomic E-state index is -2.20. The second-order valence-electron chi connectivity index (χ2n) is 4.40. The SMILES string of the molecule is [CH2]O[C@@H]([C@@H]1OC(C([O])=O)=[C][C@H](N=C([N])[N])[C@H]1[N]C([CH2])=O)[C@H]([O])[C][O]. The summed E-state index contributed by atoms with van der Waals surface area (Å²) >= 11 is 0. The van der Waals surface area contributed by atoms with Crippen molar-refractivity contribution in [1.82, 2.24) is 16.8 Å². The van der Waals surface area contributed by atoms with Crippen LogP contribution in [0.1, 0.15) is 0 Å². The molecule has 0 unspecified atom stereocenters. The van der Waals surface area contributed by atoms with Crippen molar-refractivity contribution >= 4 is 17.8 Å². The van der Waals surface area contributed by atoms with Crippen LogP contribution in [0.2, 0.25) is 0 Å². The van der Waals surface area contributed by atoms with E-state index in [9.17, 15) is 24.9 Å². The summed E-state index contributed by atoms with van der Waals surface area (Å²) in [4.78, 5) is 25.4. The number of rotatable bonds is 7. The van der Waals surface area contributed by atoms with Crippen molar-refractivity contribution in [3.05, 3.63) is 32.5 Å². The molecule has 123 valence electrons. The summed E-state index contributed by atoms with van der Waals surface area (Å²) in [6.45, 7) is 4.04. The molecule has 0 bridgehead atoms. The molecule has 1 amide bonds. The van der Waals surface area contributed by atoms with Gasteiger partial charge in [-0.1, -0.05) is 0 Å². The van der Waals surface area contributed by atoms with Crippen molar-refractivity contribution in [3.8, 4) is 0 Å². The fourth-order valence-corrected chi connectivity index (χ4v) is 1.97. The van der Waals surface area contributed by atoms with Gasteiger partial charge in [-0.2, -0.15) is 0 Å². The number of hydrogen-bond donors (Lipinski definition) is 0. The number of carbonyl (C=O) groups is 2. The van der Waals surface area contributed by atoms with Gasteiger partial charge in [-0.05, 0) is 0 Å². The molecule has 11 heteroatoms. The number of aliphatic imine (C=N–C) groups is 1. The highest BCUT2D eigenvalue weighted by Gasteiger charge is 2.47. The maximum Gasteiger partial charge on any atom is 0.420 e. The molecule has 0 saturated heterocycles. The number of guanidine groups is 1. The second kappa shape index (κ2) is 8.47. The highest BCUT2D eigenvalue weighted by atomic mass is 16.6. The van der Waals surface area contributed by atoms with Crippen LogP contribution in [0.3, 0.4) is 0 Å².